The van der Waals surface area contributed by atoms with Gasteiger partial charge in [0.2, 0.25) is 0 Å². The van der Waals surface area contributed by atoms with Crippen molar-refractivity contribution >= 4 is 39.1 Å². The summed E-state index contributed by atoms with van der Waals surface area (Å²) in [6.45, 7) is 1.51. The number of aromatic nitrogens is 2. The maximum absolute atomic E-state index is 12.8. The van der Waals surface area contributed by atoms with Crippen molar-refractivity contribution in [3.8, 4) is 0 Å². The van der Waals surface area contributed by atoms with E-state index in [1.54, 1.807) is 18.2 Å². The molecule has 0 bridgehead atoms. The fraction of sp³-hybridized carbons (Fsp3) is 0.250. The molecule has 0 unspecified atom stereocenters. The number of halogens is 6. The summed E-state index contributed by atoms with van der Waals surface area (Å²) in [6, 6.07) is 4.83. The van der Waals surface area contributed by atoms with Gasteiger partial charge in [0.15, 0.2) is 10.4 Å². The summed E-state index contributed by atoms with van der Waals surface area (Å²) < 4.78 is 39.8. The summed E-state index contributed by atoms with van der Waals surface area (Å²) in [5.41, 5.74) is -0.281. The van der Waals surface area contributed by atoms with E-state index >= 15 is 0 Å². The average molecular weight is 388 g/mol. The van der Waals surface area contributed by atoms with Crippen molar-refractivity contribution < 1.29 is 13.2 Å². The number of benzene rings is 1. The van der Waals surface area contributed by atoms with Crippen LogP contribution in [0.15, 0.2) is 22.9 Å². The molecule has 0 spiro atoms. The Kier molecular flexibility index (Phi) is 4.37. The predicted octanol–water partition coefficient (Wildman–Crippen LogP) is 5.33. The number of hydrogen-bond acceptors (Lipinski definition) is 1. The quantitative estimate of drug-likeness (QED) is 0.681. The second kappa shape index (κ2) is 5.58. The molecule has 8 heteroatoms. The molecule has 0 N–H and O–H groups in total. The molecular formula is C12H8BrCl2F3N2. The van der Waals surface area contributed by atoms with Crippen LogP contribution in [0.2, 0.25) is 10.0 Å². The summed E-state index contributed by atoms with van der Waals surface area (Å²) in [7, 11) is 0. The van der Waals surface area contributed by atoms with Gasteiger partial charge in [0, 0.05) is 15.7 Å². The molecule has 0 saturated heterocycles. The molecule has 2 nitrogen and oxygen atoms in total. The molecule has 0 aliphatic rings. The van der Waals surface area contributed by atoms with Crippen LogP contribution in [0.4, 0.5) is 13.2 Å². The Morgan fingerprint density at radius 3 is 2.50 bits per heavy atom. The zero-order valence-corrected chi connectivity index (χ0v) is 13.2. The van der Waals surface area contributed by atoms with Gasteiger partial charge in [0.05, 0.1) is 6.54 Å². The lowest BCUT2D eigenvalue weighted by molar-refractivity contribution is -0.141. The minimum Gasteiger partial charge on any atom is -0.318 e. The van der Waals surface area contributed by atoms with Crippen LogP contribution >= 0.6 is 39.1 Å². The highest BCUT2D eigenvalue weighted by Gasteiger charge is 2.37. The van der Waals surface area contributed by atoms with Crippen molar-refractivity contribution in [2.75, 3.05) is 0 Å². The summed E-state index contributed by atoms with van der Waals surface area (Å²) in [6.07, 6.45) is -4.49. The highest BCUT2D eigenvalue weighted by atomic mass is 79.9. The molecule has 0 aliphatic heterocycles. The van der Waals surface area contributed by atoms with Crippen LogP contribution < -0.4 is 0 Å². The maximum atomic E-state index is 12.8. The molecular weight excluding hydrogens is 380 g/mol. The van der Waals surface area contributed by atoms with Gasteiger partial charge in [-0.05, 0) is 46.6 Å². The Morgan fingerprint density at radius 1 is 1.30 bits per heavy atom. The van der Waals surface area contributed by atoms with Gasteiger partial charge in [0.25, 0.3) is 0 Å². The van der Waals surface area contributed by atoms with E-state index in [-0.39, 0.29) is 17.0 Å². The zero-order chi connectivity index (χ0) is 15.1. The van der Waals surface area contributed by atoms with Gasteiger partial charge >= 0.3 is 6.18 Å². The van der Waals surface area contributed by atoms with Crippen molar-refractivity contribution in [1.29, 1.82) is 0 Å². The van der Waals surface area contributed by atoms with Gasteiger partial charge in [-0.1, -0.05) is 23.2 Å². The minimum atomic E-state index is -4.49. The number of alkyl halides is 3. The lowest BCUT2D eigenvalue weighted by atomic mass is 10.2. The third-order valence-electron chi connectivity index (χ3n) is 2.78. The molecule has 2 aromatic rings. The monoisotopic (exact) mass is 386 g/mol. The van der Waals surface area contributed by atoms with Crippen molar-refractivity contribution in [3.05, 3.63) is 49.9 Å². The molecule has 0 fully saturated rings. The van der Waals surface area contributed by atoms with Crippen LogP contribution in [0.3, 0.4) is 0 Å². The summed E-state index contributed by atoms with van der Waals surface area (Å²) >= 11 is 14.9. The maximum Gasteiger partial charge on any atom is 0.435 e. The van der Waals surface area contributed by atoms with Gasteiger partial charge in [-0.15, -0.1) is 0 Å². The Labute approximate surface area is 131 Å². The van der Waals surface area contributed by atoms with Crippen LogP contribution in [0.5, 0.6) is 0 Å². The van der Waals surface area contributed by atoms with E-state index < -0.39 is 11.9 Å². The van der Waals surface area contributed by atoms with Crippen LogP contribution in [0, 0.1) is 6.92 Å². The lowest BCUT2D eigenvalue weighted by Gasteiger charge is -2.10. The first-order valence-corrected chi connectivity index (χ1v) is 6.99. The third kappa shape index (κ3) is 3.13. The van der Waals surface area contributed by atoms with Crippen molar-refractivity contribution in [2.45, 2.75) is 19.6 Å². The van der Waals surface area contributed by atoms with E-state index in [4.69, 9.17) is 23.2 Å². The van der Waals surface area contributed by atoms with Crippen LogP contribution in [0.1, 0.15) is 17.0 Å². The molecule has 0 radical (unpaired) electrons. The standard InChI is InChI=1S/C12H8BrCl2F3N2/c1-6-10(12(16,17)18)19-11(13)20(6)5-7-4-8(14)2-3-9(7)15/h2-4H,5H2,1H3. The van der Waals surface area contributed by atoms with Gasteiger partial charge in [0.1, 0.15) is 0 Å². The van der Waals surface area contributed by atoms with Crippen molar-refractivity contribution in [3.63, 3.8) is 0 Å². The number of hydrogen-bond donors (Lipinski definition) is 0. The largest absolute Gasteiger partial charge is 0.435 e. The Morgan fingerprint density at radius 2 is 1.95 bits per heavy atom. The lowest BCUT2D eigenvalue weighted by Crippen LogP contribution is -2.09. The molecule has 0 amide bonds. The second-order valence-electron chi connectivity index (χ2n) is 4.13. The fourth-order valence-electron chi connectivity index (χ4n) is 1.79. The zero-order valence-electron chi connectivity index (χ0n) is 10.1. The van der Waals surface area contributed by atoms with Gasteiger partial charge in [-0.2, -0.15) is 13.2 Å². The number of imidazole rings is 1. The first kappa shape index (κ1) is 15.7. The molecule has 0 saturated carbocycles. The van der Waals surface area contributed by atoms with Gasteiger partial charge < -0.3 is 4.57 Å². The molecule has 1 heterocycles. The van der Waals surface area contributed by atoms with E-state index in [1.165, 1.54) is 11.5 Å². The number of rotatable bonds is 2. The molecule has 1 aromatic heterocycles. The highest BCUT2D eigenvalue weighted by Crippen LogP contribution is 2.33. The van der Waals surface area contributed by atoms with E-state index in [0.717, 1.165) is 0 Å². The minimum absolute atomic E-state index is 0.0143. The Hall–Kier alpha value is -0.720. The second-order valence-corrected chi connectivity index (χ2v) is 5.69. The molecule has 20 heavy (non-hydrogen) atoms. The highest BCUT2D eigenvalue weighted by molar-refractivity contribution is 9.10. The Balaban J connectivity index is 2.44. The molecule has 108 valence electrons. The normalized spacial score (nSPS) is 11.9. The predicted molar refractivity (Wildman–Crippen MR) is 75.2 cm³/mol. The van der Waals surface area contributed by atoms with E-state index in [9.17, 15) is 13.2 Å². The van der Waals surface area contributed by atoms with Crippen LogP contribution in [-0.2, 0) is 12.7 Å². The van der Waals surface area contributed by atoms with Crippen molar-refractivity contribution in [1.82, 2.24) is 9.55 Å². The topological polar surface area (TPSA) is 17.8 Å². The van der Waals surface area contributed by atoms with Gasteiger partial charge in [-0.3, -0.25) is 0 Å². The first-order valence-electron chi connectivity index (χ1n) is 5.44. The van der Waals surface area contributed by atoms with Crippen molar-refractivity contribution in [2.24, 2.45) is 0 Å². The fourth-order valence-corrected chi connectivity index (χ4v) is 2.73. The summed E-state index contributed by atoms with van der Waals surface area (Å²) in [5.74, 6) is 0. The van der Waals surface area contributed by atoms with E-state index in [2.05, 4.69) is 20.9 Å². The first-order chi connectivity index (χ1) is 9.20. The average Bonchev–Trinajstić information content (AvgIpc) is 2.61. The van der Waals surface area contributed by atoms with Gasteiger partial charge in [-0.25, -0.2) is 4.98 Å². The molecule has 1 aromatic carbocycles. The van der Waals surface area contributed by atoms with E-state index in [0.29, 0.717) is 15.6 Å². The summed E-state index contributed by atoms with van der Waals surface area (Å²) in [4.78, 5) is 3.51. The summed E-state index contributed by atoms with van der Waals surface area (Å²) in [5, 5.41) is 0.900. The Bertz CT molecular complexity index is 653. The number of nitrogens with zero attached hydrogens (tertiary/aromatic N) is 2. The SMILES string of the molecule is Cc1c(C(F)(F)F)nc(Br)n1Cc1cc(Cl)ccc1Cl. The van der Waals surface area contributed by atoms with E-state index in [1.807, 2.05) is 0 Å². The van der Waals surface area contributed by atoms with Crippen LogP contribution in [0.25, 0.3) is 0 Å². The molecule has 2 rings (SSSR count). The molecule has 0 atom stereocenters. The smallest absolute Gasteiger partial charge is 0.318 e. The molecule has 0 aliphatic carbocycles. The van der Waals surface area contributed by atoms with Crippen LogP contribution in [-0.4, -0.2) is 9.55 Å². The third-order valence-corrected chi connectivity index (χ3v) is 3.99.